The normalized spacial score (nSPS) is 10.8. The molecule has 1 aromatic carbocycles. The molecule has 0 saturated carbocycles. The summed E-state index contributed by atoms with van der Waals surface area (Å²) >= 11 is 3.30. The van der Waals surface area contributed by atoms with Crippen LogP contribution in [0.5, 0.6) is 0 Å². The molecule has 1 aromatic rings. The first-order valence-corrected chi connectivity index (χ1v) is 7.48. The maximum Gasteiger partial charge on any atom is 0.254 e. The zero-order chi connectivity index (χ0) is 14.4. The van der Waals surface area contributed by atoms with Gasteiger partial charge in [-0.2, -0.15) is 0 Å². The van der Waals surface area contributed by atoms with E-state index in [4.69, 9.17) is 0 Å². The van der Waals surface area contributed by atoms with Gasteiger partial charge in [0.1, 0.15) is 11.6 Å². The molecule has 0 aliphatic carbocycles. The zero-order valence-corrected chi connectivity index (χ0v) is 12.7. The Balaban J connectivity index is 3.04. The second-order valence-corrected chi connectivity index (χ2v) is 5.11. The van der Waals surface area contributed by atoms with Gasteiger partial charge >= 0.3 is 0 Å². The third kappa shape index (κ3) is 4.27. The Bertz CT molecular complexity index is 415. The van der Waals surface area contributed by atoms with Gasteiger partial charge in [0, 0.05) is 29.5 Å². The number of hydrogen-bond acceptors (Lipinski definition) is 1. The molecule has 0 heterocycles. The highest BCUT2D eigenvalue weighted by Gasteiger charge is 2.22. The summed E-state index contributed by atoms with van der Waals surface area (Å²) in [4.78, 5) is 14.0. The molecule has 1 amide bonds. The number of benzene rings is 1. The van der Waals surface area contributed by atoms with Gasteiger partial charge in [0.05, 0.1) is 0 Å². The van der Waals surface area contributed by atoms with Crippen molar-refractivity contribution in [2.75, 3.05) is 11.9 Å². The Morgan fingerprint density at radius 1 is 1.21 bits per heavy atom. The van der Waals surface area contributed by atoms with Crippen LogP contribution in [-0.4, -0.2) is 28.7 Å². The Morgan fingerprint density at radius 2 is 1.74 bits per heavy atom. The first-order valence-electron chi connectivity index (χ1n) is 6.36. The Morgan fingerprint density at radius 3 is 2.16 bits per heavy atom. The molecule has 0 atom stereocenters. The highest BCUT2D eigenvalue weighted by Crippen LogP contribution is 2.16. The maximum atomic E-state index is 13.2. The fourth-order valence-electron chi connectivity index (χ4n) is 2.11. The minimum Gasteiger partial charge on any atom is -0.335 e. The lowest BCUT2D eigenvalue weighted by molar-refractivity contribution is 0.0682. The van der Waals surface area contributed by atoms with E-state index < -0.39 is 11.6 Å². The van der Waals surface area contributed by atoms with E-state index in [1.807, 2.05) is 13.8 Å². The Labute approximate surface area is 120 Å². The summed E-state index contributed by atoms with van der Waals surface area (Å²) in [6.45, 7) is 4.51. The van der Waals surface area contributed by atoms with Crippen LogP contribution < -0.4 is 0 Å². The molecule has 0 radical (unpaired) electrons. The van der Waals surface area contributed by atoms with Crippen molar-refractivity contribution >= 4 is 21.8 Å². The average molecular weight is 334 g/mol. The van der Waals surface area contributed by atoms with Gasteiger partial charge in [-0.1, -0.05) is 29.8 Å². The number of alkyl halides is 1. The quantitative estimate of drug-likeness (QED) is 0.721. The van der Waals surface area contributed by atoms with Crippen LogP contribution >= 0.6 is 15.9 Å². The lowest BCUT2D eigenvalue weighted by atomic mass is 10.1. The van der Waals surface area contributed by atoms with E-state index in [-0.39, 0.29) is 17.5 Å². The number of nitrogens with zero attached hydrogens (tertiary/aromatic N) is 1. The minimum absolute atomic E-state index is 0.0605. The smallest absolute Gasteiger partial charge is 0.254 e. The van der Waals surface area contributed by atoms with Crippen molar-refractivity contribution in [1.82, 2.24) is 4.90 Å². The van der Waals surface area contributed by atoms with Crippen molar-refractivity contribution in [3.63, 3.8) is 0 Å². The van der Waals surface area contributed by atoms with Crippen LogP contribution in [0.15, 0.2) is 18.2 Å². The Kier molecular flexibility index (Phi) is 6.42. The molecule has 2 nitrogen and oxygen atoms in total. The van der Waals surface area contributed by atoms with Crippen molar-refractivity contribution < 1.29 is 13.6 Å². The van der Waals surface area contributed by atoms with Crippen LogP contribution in [0.3, 0.4) is 0 Å². The number of carbonyl (C=O) groups excluding carboxylic acids is 1. The summed E-state index contributed by atoms with van der Waals surface area (Å²) < 4.78 is 26.4. The van der Waals surface area contributed by atoms with Crippen molar-refractivity contribution in [3.05, 3.63) is 35.4 Å². The lowest BCUT2D eigenvalue weighted by Crippen LogP contribution is -2.41. The van der Waals surface area contributed by atoms with Crippen molar-refractivity contribution in [3.8, 4) is 0 Å². The number of halogens is 3. The summed E-state index contributed by atoms with van der Waals surface area (Å²) in [5.41, 5.74) is 0.0605. The van der Waals surface area contributed by atoms with Crippen molar-refractivity contribution in [2.24, 2.45) is 0 Å². The third-order valence-corrected chi connectivity index (χ3v) is 3.43. The monoisotopic (exact) mass is 333 g/mol. The molecule has 0 aliphatic heterocycles. The van der Waals surface area contributed by atoms with Crippen LogP contribution in [0.2, 0.25) is 0 Å². The van der Waals surface area contributed by atoms with E-state index >= 15 is 0 Å². The molecule has 0 N–H and O–H groups in total. The molecule has 106 valence electrons. The topological polar surface area (TPSA) is 20.3 Å². The lowest BCUT2D eigenvalue weighted by Gasteiger charge is -2.30. The third-order valence-electron chi connectivity index (χ3n) is 3.08. The Hall–Kier alpha value is -0.970. The van der Waals surface area contributed by atoms with Gasteiger partial charge in [-0.05, 0) is 25.0 Å². The van der Waals surface area contributed by atoms with Crippen LogP contribution in [0, 0.1) is 11.6 Å². The molecular weight excluding hydrogens is 316 g/mol. The average Bonchev–Trinajstić information content (AvgIpc) is 2.37. The molecule has 0 aliphatic rings. The van der Waals surface area contributed by atoms with E-state index in [0.717, 1.165) is 31.0 Å². The predicted octanol–water partition coefficient (Wildman–Crippen LogP) is 3.99. The highest BCUT2D eigenvalue weighted by atomic mass is 79.9. The molecule has 0 fully saturated rings. The van der Waals surface area contributed by atoms with Crippen molar-refractivity contribution in [2.45, 2.75) is 32.7 Å². The molecule has 0 saturated heterocycles. The summed E-state index contributed by atoms with van der Waals surface area (Å²) in [5.74, 6) is -1.79. The second kappa shape index (κ2) is 7.58. The molecular formula is C14H18BrF2NO. The number of amides is 1. The first-order chi connectivity index (χ1) is 9.03. The summed E-state index contributed by atoms with van der Waals surface area (Å²) in [5, 5.41) is 0.632. The standard InChI is InChI=1S/C14H18BrF2NO/c1-3-13(4-2)18(6-5-15)14(19)10-7-11(16)9-12(17)8-10/h7-9,13H,3-6H2,1-2H3. The van der Waals surface area contributed by atoms with Crippen LogP contribution in [-0.2, 0) is 0 Å². The molecule has 19 heavy (non-hydrogen) atoms. The maximum absolute atomic E-state index is 13.2. The van der Waals surface area contributed by atoms with Gasteiger partial charge in [-0.25, -0.2) is 8.78 Å². The summed E-state index contributed by atoms with van der Waals surface area (Å²) in [6, 6.07) is 3.00. The molecule has 0 bridgehead atoms. The van der Waals surface area contributed by atoms with Gasteiger partial charge in [-0.3, -0.25) is 4.79 Å². The largest absolute Gasteiger partial charge is 0.335 e. The van der Waals surface area contributed by atoms with Crippen LogP contribution in [0.1, 0.15) is 37.0 Å². The van der Waals surface area contributed by atoms with Crippen LogP contribution in [0.4, 0.5) is 8.78 Å². The SMILES string of the molecule is CCC(CC)N(CCBr)C(=O)c1cc(F)cc(F)c1. The summed E-state index contributed by atoms with van der Waals surface area (Å²) in [7, 11) is 0. The van der Waals surface area contributed by atoms with Gasteiger partial charge in [0.25, 0.3) is 5.91 Å². The zero-order valence-electron chi connectivity index (χ0n) is 11.1. The first kappa shape index (κ1) is 16.1. The van der Waals surface area contributed by atoms with E-state index in [1.165, 1.54) is 0 Å². The van der Waals surface area contributed by atoms with Gasteiger partial charge in [0.15, 0.2) is 0 Å². The van der Waals surface area contributed by atoms with Crippen LogP contribution in [0.25, 0.3) is 0 Å². The molecule has 0 spiro atoms. The van der Waals surface area contributed by atoms with E-state index in [1.54, 1.807) is 4.90 Å². The fourth-order valence-corrected chi connectivity index (χ4v) is 2.50. The minimum atomic E-state index is -0.730. The van der Waals surface area contributed by atoms with E-state index in [9.17, 15) is 13.6 Å². The number of rotatable bonds is 6. The fraction of sp³-hybridized carbons (Fsp3) is 0.500. The number of hydrogen-bond donors (Lipinski definition) is 0. The number of carbonyl (C=O) groups is 1. The molecule has 0 aromatic heterocycles. The van der Waals surface area contributed by atoms with E-state index in [0.29, 0.717) is 11.9 Å². The van der Waals surface area contributed by atoms with Gasteiger partial charge < -0.3 is 4.90 Å². The summed E-state index contributed by atoms with van der Waals surface area (Å²) in [6.07, 6.45) is 1.63. The van der Waals surface area contributed by atoms with Gasteiger partial charge in [-0.15, -0.1) is 0 Å². The predicted molar refractivity (Wildman–Crippen MR) is 75.6 cm³/mol. The molecule has 0 unspecified atom stereocenters. The molecule has 1 rings (SSSR count). The van der Waals surface area contributed by atoms with E-state index in [2.05, 4.69) is 15.9 Å². The van der Waals surface area contributed by atoms with Crippen molar-refractivity contribution in [1.29, 1.82) is 0 Å². The second-order valence-electron chi connectivity index (χ2n) is 4.32. The van der Waals surface area contributed by atoms with Gasteiger partial charge in [0.2, 0.25) is 0 Å². The molecule has 5 heteroatoms. The highest BCUT2D eigenvalue weighted by molar-refractivity contribution is 9.09.